The third-order valence-corrected chi connectivity index (χ3v) is 6.26. The van der Waals surface area contributed by atoms with Crippen molar-refractivity contribution < 1.29 is 14.7 Å². The van der Waals surface area contributed by atoms with Crippen molar-refractivity contribution in [1.29, 1.82) is 0 Å². The summed E-state index contributed by atoms with van der Waals surface area (Å²) in [6.07, 6.45) is 2.20. The van der Waals surface area contributed by atoms with E-state index in [1.54, 1.807) is 19.1 Å². The van der Waals surface area contributed by atoms with Gasteiger partial charge < -0.3 is 10.4 Å². The van der Waals surface area contributed by atoms with Gasteiger partial charge in [-0.25, -0.2) is 4.79 Å². The molecule has 0 spiro atoms. The number of aromatic carboxylic acids is 1. The number of rotatable bonds is 3. The molecule has 0 saturated heterocycles. The zero-order valence-corrected chi connectivity index (χ0v) is 17.6. The third-order valence-electron chi connectivity index (χ3n) is 6.26. The molecule has 3 rings (SSSR count). The van der Waals surface area contributed by atoms with Crippen LogP contribution in [0.5, 0.6) is 0 Å². The first kappa shape index (κ1) is 20.1. The maximum atomic E-state index is 13.0. The molecule has 2 aromatic carbocycles. The van der Waals surface area contributed by atoms with Crippen LogP contribution in [0.1, 0.15) is 83.5 Å². The van der Waals surface area contributed by atoms with Crippen LogP contribution in [0.25, 0.3) is 0 Å². The highest BCUT2D eigenvalue weighted by molar-refractivity contribution is 6.06. The number of nitrogens with one attached hydrogen (secondary N) is 1. The molecule has 0 saturated carbocycles. The molecule has 148 valence electrons. The Balaban J connectivity index is 2.00. The molecule has 0 atom stereocenters. The van der Waals surface area contributed by atoms with Gasteiger partial charge in [-0.3, -0.25) is 4.79 Å². The van der Waals surface area contributed by atoms with Gasteiger partial charge in [-0.15, -0.1) is 0 Å². The van der Waals surface area contributed by atoms with E-state index in [-0.39, 0.29) is 22.3 Å². The average Bonchev–Trinajstić information content (AvgIpc) is 2.61. The maximum absolute atomic E-state index is 13.0. The van der Waals surface area contributed by atoms with Crippen LogP contribution in [0.4, 0.5) is 5.69 Å². The minimum absolute atomic E-state index is 0.0240. The number of fused-ring (bicyclic) bond motifs is 1. The molecule has 0 heterocycles. The zero-order valence-electron chi connectivity index (χ0n) is 17.6. The van der Waals surface area contributed by atoms with Gasteiger partial charge in [0.2, 0.25) is 0 Å². The summed E-state index contributed by atoms with van der Waals surface area (Å²) in [5.41, 5.74) is 5.44. The molecular formula is C24H29NO3. The van der Waals surface area contributed by atoms with E-state index in [2.05, 4.69) is 39.1 Å². The second kappa shape index (κ2) is 6.77. The van der Waals surface area contributed by atoms with Gasteiger partial charge in [-0.2, -0.15) is 0 Å². The maximum Gasteiger partial charge on any atom is 0.336 e. The predicted octanol–water partition coefficient (Wildman–Crippen LogP) is 5.60. The van der Waals surface area contributed by atoms with E-state index in [1.165, 1.54) is 11.1 Å². The van der Waals surface area contributed by atoms with Gasteiger partial charge in [0.25, 0.3) is 5.91 Å². The zero-order chi connectivity index (χ0) is 20.9. The molecule has 0 bridgehead atoms. The Kier molecular flexibility index (Phi) is 4.86. The molecule has 28 heavy (non-hydrogen) atoms. The van der Waals surface area contributed by atoms with Crippen LogP contribution in [0.15, 0.2) is 30.3 Å². The Morgan fingerprint density at radius 2 is 1.54 bits per heavy atom. The summed E-state index contributed by atoms with van der Waals surface area (Å²) in [6.45, 7) is 12.6. The smallest absolute Gasteiger partial charge is 0.336 e. The van der Waals surface area contributed by atoms with E-state index < -0.39 is 5.97 Å². The molecule has 0 aromatic heterocycles. The number of hydrogen-bond acceptors (Lipinski definition) is 2. The van der Waals surface area contributed by atoms with Crippen molar-refractivity contribution in [3.8, 4) is 0 Å². The van der Waals surface area contributed by atoms with Gasteiger partial charge in [-0.05, 0) is 78.0 Å². The molecule has 4 heteroatoms. The Hall–Kier alpha value is -2.62. The number of benzene rings is 2. The second-order valence-corrected chi connectivity index (χ2v) is 9.22. The highest BCUT2D eigenvalue weighted by Crippen LogP contribution is 2.45. The normalized spacial score (nSPS) is 16.9. The molecule has 0 aliphatic heterocycles. The Bertz CT molecular complexity index is 970. The standard InChI is InChI=1S/C24H29NO3/c1-14-7-9-17(22(27)28)15(2)20(14)25-21(26)16-8-10-18-19(13-16)24(5,6)12-11-23(18,3)4/h7-10,13H,11-12H2,1-6H3,(H,25,26)(H,27,28). The number of aryl methyl sites for hydroxylation is 1. The lowest BCUT2D eigenvalue weighted by Crippen LogP contribution is -2.34. The third kappa shape index (κ3) is 3.44. The fraction of sp³-hybridized carbons (Fsp3) is 0.417. The highest BCUT2D eigenvalue weighted by Gasteiger charge is 2.37. The molecule has 0 radical (unpaired) electrons. The SMILES string of the molecule is Cc1ccc(C(=O)O)c(C)c1NC(=O)c1ccc2c(c1)C(C)(C)CCC2(C)C. The topological polar surface area (TPSA) is 66.4 Å². The second-order valence-electron chi connectivity index (χ2n) is 9.22. The van der Waals surface area contributed by atoms with Crippen LogP contribution in [-0.4, -0.2) is 17.0 Å². The van der Waals surface area contributed by atoms with Gasteiger partial charge in [0, 0.05) is 11.3 Å². The summed E-state index contributed by atoms with van der Waals surface area (Å²) in [5, 5.41) is 12.3. The molecule has 1 aliphatic rings. The molecule has 0 fully saturated rings. The minimum Gasteiger partial charge on any atom is -0.478 e. The van der Waals surface area contributed by atoms with E-state index in [9.17, 15) is 14.7 Å². The lowest BCUT2D eigenvalue weighted by Gasteiger charge is -2.42. The van der Waals surface area contributed by atoms with Gasteiger partial charge in [0.05, 0.1) is 5.56 Å². The quantitative estimate of drug-likeness (QED) is 0.729. The summed E-state index contributed by atoms with van der Waals surface area (Å²) in [5.74, 6) is -1.21. The average molecular weight is 380 g/mol. The van der Waals surface area contributed by atoms with Gasteiger partial charge in [0.15, 0.2) is 0 Å². The molecule has 0 unspecified atom stereocenters. The van der Waals surface area contributed by atoms with Crippen LogP contribution in [0.2, 0.25) is 0 Å². The van der Waals surface area contributed by atoms with Crippen molar-refractivity contribution in [3.63, 3.8) is 0 Å². The Labute approximate surface area is 167 Å². The van der Waals surface area contributed by atoms with Crippen molar-refractivity contribution in [2.45, 2.75) is 65.2 Å². The van der Waals surface area contributed by atoms with Crippen molar-refractivity contribution in [1.82, 2.24) is 0 Å². The molecule has 1 aliphatic carbocycles. The summed E-state index contributed by atoms with van der Waals surface area (Å²) in [7, 11) is 0. The first-order valence-corrected chi connectivity index (χ1v) is 9.74. The molecule has 4 nitrogen and oxygen atoms in total. The van der Waals surface area contributed by atoms with E-state index in [0.717, 1.165) is 18.4 Å². The van der Waals surface area contributed by atoms with Crippen LogP contribution in [0.3, 0.4) is 0 Å². The number of hydrogen-bond donors (Lipinski definition) is 2. The Morgan fingerprint density at radius 3 is 2.14 bits per heavy atom. The number of carbonyl (C=O) groups excluding carboxylic acids is 1. The van der Waals surface area contributed by atoms with Gasteiger partial charge in [0.1, 0.15) is 0 Å². The van der Waals surface area contributed by atoms with Crippen LogP contribution >= 0.6 is 0 Å². The number of carboxylic acid groups (broad SMARTS) is 1. The molecule has 2 aromatic rings. The molecular weight excluding hydrogens is 350 g/mol. The number of anilines is 1. The van der Waals surface area contributed by atoms with Crippen LogP contribution in [0, 0.1) is 13.8 Å². The van der Waals surface area contributed by atoms with E-state index in [0.29, 0.717) is 16.8 Å². The fourth-order valence-electron chi connectivity index (χ4n) is 4.19. The van der Waals surface area contributed by atoms with Crippen molar-refractivity contribution in [2.24, 2.45) is 0 Å². The largest absolute Gasteiger partial charge is 0.478 e. The summed E-state index contributed by atoms with van der Waals surface area (Å²) < 4.78 is 0. The first-order valence-electron chi connectivity index (χ1n) is 9.74. The van der Waals surface area contributed by atoms with Crippen LogP contribution in [-0.2, 0) is 10.8 Å². The summed E-state index contributed by atoms with van der Waals surface area (Å²) >= 11 is 0. The number of carboxylic acids is 1. The summed E-state index contributed by atoms with van der Waals surface area (Å²) in [6, 6.07) is 9.27. The molecule has 2 N–H and O–H groups in total. The lowest BCUT2D eigenvalue weighted by molar-refractivity contribution is 0.0695. The summed E-state index contributed by atoms with van der Waals surface area (Å²) in [4.78, 5) is 24.4. The lowest BCUT2D eigenvalue weighted by atomic mass is 9.63. The van der Waals surface area contributed by atoms with Gasteiger partial charge >= 0.3 is 5.97 Å². The highest BCUT2D eigenvalue weighted by atomic mass is 16.4. The van der Waals surface area contributed by atoms with Crippen molar-refractivity contribution in [3.05, 3.63) is 63.7 Å². The van der Waals surface area contributed by atoms with E-state index in [1.807, 2.05) is 19.1 Å². The number of amides is 1. The van der Waals surface area contributed by atoms with Gasteiger partial charge in [-0.1, -0.05) is 39.8 Å². The van der Waals surface area contributed by atoms with Crippen molar-refractivity contribution in [2.75, 3.05) is 5.32 Å². The monoisotopic (exact) mass is 379 g/mol. The van der Waals surface area contributed by atoms with E-state index in [4.69, 9.17) is 0 Å². The first-order chi connectivity index (χ1) is 12.9. The Morgan fingerprint density at radius 1 is 0.929 bits per heavy atom. The number of carbonyl (C=O) groups is 2. The van der Waals surface area contributed by atoms with Crippen molar-refractivity contribution >= 4 is 17.6 Å². The van der Waals surface area contributed by atoms with Crippen LogP contribution < -0.4 is 5.32 Å². The van der Waals surface area contributed by atoms with E-state index >= 15 is 0 Å². The predicted molar refractivity (Wildman–Crippen MR) is 113 cm³/mol. The minimum atomic E-state index is -0.995. The fourth-order valence-corrected chi connectivity index (χ4v) is 4.19. The molecule has 1 amide bonds.